The van der Waals surface area contributed by atoms with Gasteiger partial charge in [0.1, 0.15) is 13.2 Å². The Morgan fingerprint density at radius 2 is 0.806 bits per heavy atom. The van der Waals surface area contributed by atoms with E-state index in [1.165, 1.54) is 0 Å². The van der Waals surface area contributed by atoms with Crippen molar-refractivity contribution < 1.29 is 48.3 Å². The summed E-state index contributed by atoms with van der Waals surface area (Å²) < 4.78 is 22.4. The number of carbonyl (C=O) groups is 4. The Hall–Kier alpha value is -5.40. The van der Waals surface area contributed by atoms with Gasteiger partial charge in [-0.25, -0.2) is 0 Å². The van der Waals surface area contributed by atoms with Gasteiger partial charge in [-0.05, 0) is 115 Å². The molecule has 2 atom stereocenters. The zero-order valence-corrected chi connectivity index (χ0v) is 38.6. The Bertz CT molecular complexity index is 2070. The number of carbonyl (C=O) groups excluding carboxylic acids is 4. The fourth-order valence-electron chi connectivity index (χ4n) is 10.5. The van der Waals surface area contributed by atoms with Crippen LogP contribution in [0.4, 0.5) is 11.4 Å². The van der Waals surface area contributed by atoms with Crippen LogP contribution in [0.3, 0.4) is 0 Å². The molecular formula is C55H66N2O10. The van der Waals surface area contributed by atoms with Crippen LogP contribution in [0.25, 0.3) is 0 Å². The number of benzene rings is 4. The molecule has 2 aliphatic carbocycles. The molecule has 0 aromatic heterocycles. The highest BCUT2D eigenvalue weighted by molar-refractivity contribution is 6.04. The summed E-state index contributed by atoms with van der Waals surface area (Å²) in [4.78, 5) is 58.7. The minimum Gasteiger partial charge on any atom is -0.462 e. The lowest BCUT2D eigenvalue weighted by Crippen LogP contribution is -2.41. The number of ether oxygens (including phenoxy) is 4. The van der Waals surface area contributed by atoms with Crippen molar-refractivity contribution in [3.05, 3.63) is 131 Å². The van der Waals surface area contributed by atoms with E-state index in [-0.39, 0.29) is 24.7 Å². The number of esters is 2. The van der Waals surface area contributed by atoms with Gasteiger partial charge in [-0.15, -0.1) is 0 Å². The lowest BCUT2D eigenvalue weighted by Gasteiger charge is -2.34. The Labute approximate surface area is 394 Å². The summed E-state index contributed by atoms with van der Waals surface area (Å²) in [5.41, 5.74) is -0.651. The number of rotatable bonds is 18. The average molecular weight is 915 g/mol. The van der Waals surface area contributed by atoms with Crippen LogP contribution in [-0.2, 0) is 39.7 Å². The Morgan fingerprint density at radius 3 is 1.15 bits per heavy atom. The highest BCUT2D eigenvalue weighted by Crippen LogP contribution is 2.40. The van der Waals surface area contributed by atoms with Crippen molar-refractivity contribution in [3.63, 3.8) is 0 Å². The van der Waals surface area contributed by atoms with E-state index in [9.17, 15) is 29.4 Å². The van der Waals surface area contributed by atoms with Gasteiger partial charge in [-0.2, -0.15) is 0 Å². The normalized spacial score (nSPS) is 23.0. The van der Waals surface area contributed by atoms with E-state index < -0.39 is 47.9 Å². The molecule has 4 aliphatic rings. The largest absolute Gasteiger partial charge is 0.462 e. The second kappa shape index (κ2) is 22.6. The first-order valence-corrected chi connectivity index (χ1v) is 24.4. The number of nitrogens with zero attached hydrogens (tertiary/aromatic N) is 2. The molecule has 4 aromatic carbocycles. The Balaban J connectivity index is 0.760. The summed E-state index contributed by atoms with van der Waals surface area (Å²) >= 11 is 0. The third-order valence-corrected chi connectivity index (χ3v) is 14.7. The van der Waals surface area contributed by atoms with Gasteiger partial charge in [0, 0.05) is 61.5 Å². The summed E-state index contributed by atoms with van der Waals surface area (Å²) in [6.45, 7) is 4.76. The van der Waals surface area contributed by atoms with Crippen LogP contribution in [0.2, 0.25) is 0 Å². The molecule has 67 heavy (non-hydrogen) atoms. The van der Waals surface area contributed by atoms with Crippen LogP contribution in [-0.4, -0.2) is 99.5 Å². The first kappa shape index (κ1) is 48.1. The van der Waals surface area contributed by atoms with Crippen molar-refractivity contribution in [2.24, 2.45) is 23.7 Å². The summed E-state index contributed by atoms with van der Waals surface area (Å²) in [6.07, 6.45) is 9.50. The highest BCUT2D eigenvalue weighted by Gasteiger charge is 2.42. The number of anilines is 2. The second-order valence-corrected chi connectivity index (χ2v) is 19.1. The molecule has 2 heterocycles. The molecule has 2 aliphatic heterocycles. The monoisotopic (exact) mass is 914 g/mol. The van der Waals surface area contributed by atoms with Crippen LogP contribution in [0.1, 0.15) is 102 Å². The maximum Gasteiger partial charge on any atom is 0.306 e. The number of hydrogen-bond acceptors (Lipinski definition) is 12. The summed E-state index contributed by atoms with van der Waals surface area (Å²) in [6, 6.07) is 31.8. The zero-order valence-electron chi connectivity index (χ0n) is 38.6. The fraction of sp³-hybridized carbons (Fsp3) is 0.491. The summed E-state index contributed by atoms with van der Waals surface area (Å²) in [7, 11) is 0. The van der Waals surface area contributed by atoms with Crippen molar-refractivity contribution in [1.29, 1.82) is 0 Å². The standard InChI is InChI=1S/C55H66N2O10/c58-50(66-38-54(62,46-7-3-1-4-8-46)52(60)44-19-23-48(24-20-44)56-27-31-64-32-28-56)36-42-15-11-40(12-16-42)35-41-13-17-43(18-14-41)37-51(59)67-39-55(63,47-9-5-2-6-10-47)53(61)45-21-25-49(26-22-45)57-29-33-65-34-30-57/h1-10,19-26,40-43,62-63H,11-18,27-39H2. The Kier molecular flexibility index (Phi) is 16.2. The summed E-state index contributed by atoms with van der Waals surface area (Å²) in [5, 5.41) is 23.8. The predicted octanol–water partition coefficient (Wildman–Crippen LogP) is 8.07. The first-order chi connectivity index (χ1) is 32.6. The molecule has 0 radical (unpaired) electrons. The van der Waals surface area contributed by atoms with E-state index in [2.05, 4.69) is 9.80 Å². The molecule has 12 nitrogen and oxygen atoms in total. The maximum atomic E-state index is 13.9. The maximum absolute atomic E-state index is 13.9. The van der Waals surface area contributed by atoms with E-state index in [4.69, 9.17) is 18.9 Å². The molecule has 356 valence electrons. The van der Waals surface area contributed by atoms with E-state index in [0.717, 1.165) is 95.3 Å². The van der Waals surface area contributed by atoms with Crippen LogP contribution in [0.5, 0.6) is 0 Å². The van der Waals surface area contributed by atoms with Gasteiger partial charge < -0.3 is 39.0 Å². The molecular weight excluding hydrogens is 849 g/mol. The average Bonchev–Trinajstić information content (AvgIpc) is 3.39. The minimum atomic E-state index is -2.03. The number of aliphatic hydroxyl groups is 2. The highest BCUT2D eigenvalue weighted by atomic mass is 16.5. The first-order valence-electron chi connectivity index (χ1n) is 24.4. The van der Waals surface area contributed by atoms with Crippen LogP contribution in [0.15, 0.2) is 109 Å². The lowest BCUT2D eigenvalue weighted by molar-refractivity contribution is -0.151. The van der Waals surface area contributed by atoms with E-state index in [1.54, 1.807) is 72.8 Å². The number of morpholine rings is 2. The molecule has 12 heteroatoms. The molecule has 0 bridgehead atoms. The zero-order chi connectivity index (χ0) is 46.6. The molecule has 0 spiro atoms. The molecule has 2 saturated carbocycles. The van der Waals surface area contributed by atoms with Crippen LogP contribution in [0, 0.1) is 23.7 Å². The molecule has 8 rings (SSSR count). The van der Waals surface area contributed by atoms with E-state index in [0.29, 0.717) is 60.5 Å². The number of ketones is 2. The molecule has 4 fully saturated rings. The topological polar surface area (TPSA) is 152 Å². The molecule has 4 aromatic rings. The van der Waals surface area contributed by atoms with Gasteiger partial charge >= 0.3 is 11.9 Å². The smallest absolute Gasteiger partial charge is 0.306 e. The van der Waals surface area contributed by atoms with Crippen LogP contribution < -0.4 is 9.80 Å². The van der Waals surface area contributed by atoms with Gasteiger partial charge in [-0.1, -0.05) is 86.3 Å². The van der Waals surface area contributed by atoms with Gasteiger partial charge in [0.15, 0.2) is 11.2 Å². The summed E-state index contributed by atoms with van der Waals surface area (Å²) in [5.74, 6) is -0.305. The molecule has 2 N–H and O–H groups in total. The number of Topliss-reactive ketones (excluding diaryl/α,β-unsaturated/α-hetero) is 2. The third kappa shape index (κ3) is 12.2. The van der Waals surface area contributed by atoms with Crippen molar-refractivity contribution >= 4 is 34.9 Å². The predicted molar refractivity (Wildman–Crippen MR) is 255 cm³/mol. The Morgan fingerprint density at radius 1 is 0.478 bits per heavy atom. The second-order valence-electron chi connectivity index (χ2n) is 19.1. The van der Waals surface area contributed by atoms with Gasteiger partial charge in [-0.3, -0.25) is 19.2 Å². The van der Waals surface area contributed by atoms with Crippen molar-refractivity contribution in [2.45, 2.75) is 81.8 Å². The quantitative estimate of drug-likeness (QED) is 0.0734. The lowest BCUT2D eigenvalue weighted by atomic mass is 9.72. The molecule has 2 saturated heterocycles. The fourth-order valence-corrected chi connectivity index (χ4v) is 10.5. The van der Waals surface area contributed by atoms with E-state index in [1.807, 2.05) is 36.4 Å². The van der Waals surface area contributed by atoms with Crippen LogP contribution >= 0.6 is 0 Å². The number of hydrogen-bond donors (Lipinski definition) is 2. The third-order valence-electron chi connectivity index (χ3n) is 14.7. The van der Waals surface area contributed by atoms with Crippen molar-refractivity contribution in [1.82, 2.24) is 0 Å². The SMILES string of the molecule is O=C(CC1CCC(CC2CCC(CC(=O)OCC(O)(C(=O)c3ccc(N4CCOCC4)cc3)c3ccccc3)CC2)CC1)OCC(O)(C(=O)c1ccc(N2CCOCC2)cc1)c1ccccc1. The molecule has 2 unspecified atom stereocenters. The molecule has 0 amide bonds. The van der Waals surface area contributed by atoms with Gasteiger partial charge in [0.2, 0.25) is 11.6 Å². The van der Waals surface area contributed by atoms with E-state index >= 15 is 0 Å². The minimum absolute atomic E-state index is 0.189. The van der Waals surface area contributed by atoms with Crippen molar-refractivity contribution in [2.75, 3.05) is 75.6 Å². The van der Waals surface area contributed by atoms with Gasteiger partial charge in [0.25, 0.3) is 0 Å². The van der Waals surface area contributed by atoms with Crippen molar-refractivity contribution in [3.8, 4) is 0 Å². The van der Waals surface area contributed by atoms with Gasteiger partial charge in [0.05, 0.1) is 26.4 Å².